The van der Waals surface area contributed by atoms with Gasteiger partial charge in [0, 0.05) is 17.3 Å². The van der Waals surface area contributed by atoms with Crippen molar-refractivity contribution in [3.8, 4) is 5.75 Å². The maximum atomic E-state index is 11.9. The molecule has 0 bridgehead atoms. The molecule has 1 atom stereocenters. The van der Waals surface area contributed by atoms with Crippen LogP contribution < -0.4 is 15.4 Å². The zero-order chi connectivity index (χ0) is 15.1. The van der Waals surface area contributed by atoms with Gasteiger partial charge in [0.2, 0.25) is 5.91 Å². The molecule has 6 heteroatoms. The molecular weight excluding hydrogens is 286 g/mol. The Balaban J connectivity index is 1.83. The summed E-state index contributed by atoms with van der Waals surface area (Å²) >= 11 is 1.60. The van der Waals surface area contributed by atoms with Crippen LogP contribution in [-0.2, 0) is 4.79 Å². The van der Waals surface area contributed by atoms with Gasteiger partial charge in [0.25, 0.3) is 0 Å². The SMILES string of the molecule is CCC(NCC(=O)Nc1ccc(OC)cc1)c1nccs1. The minimum absolute atomic E-state index is 0.0739. The first-order valence-electron chi connectivity index (χ1n) is 6.79. The molecule has 1 amide bonds. The van der Waals surface area contributed by atoms with Crippen molar-refractivity contribution < 1.29 is 9.53 Å². The van der Waals surface area contributed by atoms with Crippen molar-refractivity contribution in [2.24, 2.45) is 0 Å². The molecule has 2 rings (SSSR count). The largest absolute Gasteiger partial charge is 0.497 e. The Bertz CT molecular complexity index is 555. The monoisotopic (exact) mass is 305 g/mol. The van der Waals surface area contributed by atoms with E-state index in [1.165, 1.54) is 0 Å². The number of carbonyl (C=O) groups excluding carboxylic acids is 1. The molecule has 0 fully saturated rings. The number of nitrogens with one attached hydrogen (secondary N) is 2. The van der Waals surface area contributed by atoms with E-state index in [2.05, 4.69) is 22.5 Å². The molecule has 0 aliphatic heterocycles. The number of aromatic nitrogens is 1. The van der Waals surface area contributed by atoms with Gasteiger partial charge in [-0.15, -0.1) is 11.3 Å². The molecule has 0 aliphatic carbocycles. The molecule has 1 aromatic heterocycles. The second-order valence-corrected chi connectivity index (χ2v) is 5.41. The summed E-state index contributed by atoms with van der Waals surface area (Å²) in [6.45, 7) is 2.32. The molecule has 5 nitrogen and oxygen atoms in total. The van der Waals surface area contributed by atoms with Crippen LogP contribution in [-0.4, -0.2) is 24.5 Å². The molecule has 112 valence electrons. The van der Waals surface area contributed by atoms with Gasteiger partial charge >= 0.3 is 0 Å². The van der Waals surface area contributed by atoms with Gasteiger partial charge in [-0.1, -0.05) is 6.92 Å². The number of amides is 1. The van der Waals surface area contributed by atoms with Crippen molar-refractivity contribution in [1.82, 2.24) is 10.3 Å². The Morgan fingerprint density at radius 3 is 2.71 bits per heavy atom. The molecule has 2 aromatic rings. The summed E-state index contributed by atoms with van der Waals surface area (Å²) in [6.07, 6.45) is 2.67. The van der Waals surface area contributed by atoms with Crippen molar-refractivity contribution in [3.05, 3.63) is 40.8 Å². The predicted molar refractivity (Wildman–Crippen MR) is 84.8 cm³/mol. The number of carbonyl (C=O) groups is 1. The van der Waals surface area contributed by atoms with Crippen LogP contribution in [0.1, 0.15) is 24.4 Å². The highest BCUT2D eigenvalue weighted by molar-refractivity contribution is 7.09. The first-order chi connectivity index (χ1) is 10.2. The van der Waals surface area contributed by atoms with E-state index in [0.717, 1.165) is 22.9 Å². The highest BCUT2D eigenvalue weighted by Gasteiger charge is 2.13. The maximum Gasteiger partial charge on any atom is 0.238 e. The zero-order valence-corrected chi connectivity index (χ0v) is 12.9. The fraction of sp³-hybridized carbons (Fsp3) is 0.333. The molecule has 2 N–H and O–H groups in total. The highest BCUT2D eigenvalue weighted by atomic mass is 32.1. The van der Waals surface area contributed by atoms with E-state index in [4.69, 9.17) is 4.74 Å². The topological polar surface area (TPSA) is 63.2 Å². The quantitative estimate of drug-likeness (QED) is 0.825. The van der Waals surface area contributed by atoms with Crippen molar-refractivity contribution in [3.63, 3.8) is 0 Å². The molecule has 21 heavy (non-hydrogen) atoms. The number of hydrogen-bond donors (Lipinski definition) is 2. The molecule has 0 saturated carbocycles. The number of thiazole rings is 1. The third kappa shape index (κ3) is 4.54. The molecule has 1 unspecified atom stereocenters. The summed E-state index contributed by atoms with van der Waals surface area (Å²) in [4.78, 5) is 16.2. The number of rotatable bonds is 7. The number of hydrogen-bond acceptors (Lipinski definition) is 5. The molecule has 0 saturated heterocycles. The second kappa shape index (κ2) is 7.75. The van der Waals surface area contributed by atoms with Crippen molar-refractivity contribution in [2.45, 2.75) is 19.4 Å². The number of nitrogens with zero attached hydrogens (tertiary/aromatic N) is 1. The zero-order valence-electron chi connectivity index (χ0n) is 12.1. The summed E-state index contributed by atoms with van der Waals surface area (Å²) in [7, 11) is 1.61. The van der Waals surface area contributed by atoms with Gasteiger partial charge in [-0.3, -0.25) is 10.1 Å². The lowest BCUT2D eigenvalue weighted by Gasteiger charge is -2.14. The summed E-state index contributed by atoms with van der Waals surface area (Å²) < 4.78 is 5.08. The Hall–Kier alpha value is -1.92. The smallest absolute Gasteiger partial charge is 0.238 e. The average molecular weight is 305 g/mol. The van der Waals surface area contributed by atoms with Crippen LogP contribution in [0.3, 0.4) is 0 Å². The number of benzene rings is 1. The summed E-state index contributed by atoms with van der Waals surface area (Å²) in [5.41, 5.74) is 0.755. The first kappa shape index (κ1) is 15.5. The van der Waals surface area contributed by atoms with Gasteiger partial charge in [0.15, 0.2) is 0 Å². The third-order valence-corrected chi connectivity index (χ3v) is 3.93. The van der Waals surface area contributed by atoms with Gasteiger partial charge in [0.1, 0.15) is 10.8 Å². The lowest BCUT2D eigenvalue weighted by Crippen LogP contribution is -2.31. The summed E-state index contributed by atoms with van der Waals surface area (Å²) in [5.74, 6) is 0.691. The van der Waals surface area contributed by atoms with Gasteiger partial charge in [-0.05, 0) is 30.7 Å². The van der Waals surface area contributed by atoms with E-state index < -0.39 is 0 Å². The van der Waals surface area contributed by atoms with Crippen LogP contribution in [0.5, 0.6) is 5.75 Å². The molecular formula is C15H19N3O2S. The lowest BCUT2D eigenvalue weighted by molar-refractivity contribution is -0.115. The number of methoxy groups -OCH3 is 1. The normalized spacial score (nSPS) is 11.9. The molecule has 0 spiro atoms. The van der Waals surface area contributed by atoms with Gasteiger partial charge in [-0.2, -0.15) is 0 Å². The van der Waals surface area contributed by atoms with Gasteiger partial charge in [-0.25, -0.2) is 4.98 Å². The van der Waals surface area contributed by atoms with Crippen molar-refractivity contribution >= 4 is 22.9 Å². The Labute approximate surface area is 128 Å². The lowest BCUT2D eigenvalue weighted by atomic mass is 10.2. The first-order valence-corrected chi connectivity index (χ1v) is 7.67. The van der Waals surface area contributed by atoms with Crippen LogP contribution in [0.15, 0.2) is 35.8 Å². The average Bonchev–Trinajstić information content (AvgIpc) is 3.03. The van der Waals surface area contributed by atoms with Crippen LogP contribution in [0.4, 0.5) is 5.69 Å². The fourth-order valence-electron chi connectivity index (χ4n) is 1.91. The highest BCUT2D eigenvalue weighted by Crippen LogP contribution is 2.18. The standard InChI is InChI=1S/C15H19N3O2S/c1-3-13(15-16-8-9-21-15)17-10-14(19)18-11-4-6-12(20-2)7-5-11/h4-9,13,17H,3,10H2,1-2H3,(H,18,19). The number of anilines is 1. The minimum Gasteiger partial charge on any atom is -0.497 e. The fourth-order valence-corrected chi connectivity index (χ4v) is 2.71. The predicted octanol–water partition coefficient (Wildman–Crippen LogP) is 2.83. The molecule has 1 aromatic carbocycles. The van der Waals surface area contributed by atoms with Crippen LogP contribution in [0.25, 0.3) is 0 Å². The minimum atomic E-state index is -0.0739. The third-order valence-electron chi connectivity index (χ3n) is 3.04. The van der Waals surface area contributed by atoms with E-state index >= 15 is 0 Å². The van der Waals surface area contributed by atoms with E-state index in [0.29, 0.717) is 0 Å². The second-order valence-electron chi connectivity index (χ2n) is 4.49. The van der Waals surface area contributed by atoms with Crippen LogP contribution in [0.2, 0.25) is 0 Å². The Morgan fingerprint density at radius 2 is 2.14 bits per heavy atom. The van der Waals surface area contributed by atoms with E-state index in [1.807, 2.05) is 29.6 Å². The molecule has 0 radical (unpaired) electrons. The van der Waals surface area contributed by atoms with E-state index in [-0.39, 0.29) is 18.5 Å². The van der Waals surface area contributed by atoms with Crippen molar-refractivity contribution in [2.75, 3.05) is 19.0 Å². The number of ether oxygens (including phenoxy) is 1. The van der Waals surface area contributed by atoms with Crippen LogP contribution in [0, 0.1) is 0 Å². The van der Waals surface area contributed by atoms with Crippen molar-refractivity contribution in [1.29, 1.82) is 0 Å². The van der Waals surface area contributed by atoms with E-state index in [9.17, 15) is 4.79 Å². The molecule has 0 aliphatic rings. The Morgan fingerprint density at radius 1 is 1.38 bits per heavy atom. The maximum absolute atomic E-state index is 11.9. The van der Waals surface area contributed by atoms with Crippen LogP contribution >= 0.6 is 11.3 Å². The summed E-state index contributed by atoms with van der Waals surface area (Å²) in [5, 5.41) is 9.02. The summed E-state index contributed by atoms with van der Waals surface area (Å²) in [6, 6.07) is 7.37. The van der Waals surface area contributed by atoms with Gasteiger partial charge in [0.05, 0.1) is 19.7 Å². The van der Waals surface area contributed by atoms with E-state index in [1.54, 1.807) is 24.6 Å². The Kier molecular flexibility index (Phi) is 5.71. The molecule has 1 heterocycles. The van der Waals surface area contributed by atoms with Gasteiger partial charge < -0.3 is 10.1 Å².